The molecule has 5 nitrogen and oxygen atoms in total. The van der Waals surface area contributed by atoms with Crippen LogP contribution in [0.5, 0.6) is 0 Å². The Balaban J connectivity index is 2.65. The molecule has 0 saturated heterocycles. The van der Waals surface area contributed by atoms with E-state index in [2.05, 4.69) is 18.4 Å². The summed E-state index contributed by atoms with van der Waals surface area (Å²) in [5, 5.41) is 0. The van der Waals surface area contributed by atoms with Gasteiger partial charge < -0.3 is 15.0 Å². The Morgan fingerprint density at radius 2 is 1.77 bits per heavy atom. The van der Waals surface area contributed by atoms with Crippen LogP contribution >= 0.6 is 0 Å². The SMILES string of the molecule is CCCCc1c(-c2ccc(C(=O)OC)cc2)c(C(N)=O)c(C)n1CCC. The van der Waals surface area contributed by atoms with E-state index in [1.54, 1.807) is 12.1 Å². The van der Waals surface area contributed by atoms with Gasteiger partial charge in [-0.1, -0.05) is 32.4 Å². The Bertz CT molecular complexity index is 789. The Labute approximate surface area is 155 Å². The largest absolute Gasteiger partial charge is 0.465 e. The van der Waals surface area contributed by atoms with Gasteiger partial charge in [-0.25, -0.2) is 4.79 Å². The highest BCUT2D eigenvalue weighted by Gasteiger charge is 2.24. The van der Waals surface area contributed by atoms with Crippen LogP contribution in [0.1, 0.15) is 65.2 Å². The zero-order valence-corrected chi connectivity index (χ0v) is 16.1. The number of hydrogen-bond acceptors (Lipinski definition) is 3. The number of aromatic nitrogens is 1. The van der Waals surface area contributed by atoms with Crippen LogP contribution in [-0.4, -0.2) is 23.6 Å². The second-order valence-electron chi connectivity index (χ2n) is 6.47. The minimum Gasteiger partial charge on any atom is -0.465 e. The van der Waals surface area contributed by atoms with Gasteiger partial charge in [0.25, 0.3) is 5.91 Å². The van der Waals surface area contributed by atoms with Crippen LogP contribution in [0.2, 0.25) is 0 Å². The number of hydrogen-bond donors (Lipinski definition) is 1. The molecule has 0 aliphatic rings. The van der Waals surface area contributed by atoms with E-state index < -0.39 is 5.91 Å². The van der Waals surface area contributed by atoms with Crippen LogP contribution in [0.15, 0.2) is 24.3 Å². The number of unbranched alkanes of at least 4 members (excludes halogenated alkanes) is 1. The molecule has 0 bridgehead atoms. The number of amides is 1. The van der Waals surface area contributed by atoms with E-state index in [9.17, 15) is 9.59 Å². The van der Waals surface area contributed by atoms with E-state index in [0.717, 1.165) is 54.7 Å². The van der Waals surface area contributed by atoms with Gasteiger partial charge in [0, 0.05) is 23.5 Å². The maximum Gasteiger partial charge on any atom is 0.337 e. The molecule has 5 heteroatoms. The average molecular weight is 356 g/mol. The molecule has 2 rings (SSSR count). The third-order valence-electron chi connectivity index (χ3n) is 4.69. The van der Waals surface area contributed by atoms with Gasteiger partial charge in [0.15, 0.2) is 0 Å². The summed E-state index contributed by atoms with van der Waals surface area (Å²) in [7, 11) is 1.36. The Morgan fingerprint density at radius 1 is 1.12 bits per heavy atom. The first kappa shape index (κ1) is 19.8. The summed E-state index contributed by atoms with van der Waals surface area (Å²) < 4.78 is 6.98. The lowest BCUT2D eigenvalue weighted by Gasteiger charge is -2.12. The molecular formula is C21H28N2O3. The molecule has 0 saturated carbocycles. The molecule has 1 amide bonds. The Kier molecular flexibility index (Phi) is 6.61. The summed E-state index contributed by atoms with van der Waals surface area (Å²) in [4.78, 5) is 23.9. The van der Waals surface area contributed by atoms with E-state index in [4.69, 9.17) is 10.5 Å². The number of nitrogens with two attached hydrogens (primary N) is 1. The highest BCUT2D eigenvalue weighted by Crippen LogP contribution is 2.34. The molecule has 2 N–H and O–H groups in total. The number of rotatable bonds is 8. The maximum absolute atomic E-state index is 12.2. The molecule has 0 radical (unpaired) electrons. The zero-order valence-electron chi connectivity index (χ0n) is 16.1. The zero-order chi connectivity index (χ0) is 19.3. The number of benzene rings is 1. The number of carbonyl (C=O) groups excluding carboxylic acids is 2. The fraction of sp³-hybridized carbons (Fsp3) is 0.429. The Hall–Kier alpha value is -2.56. The summed E-state index contributed by atoms with van der Waals surface area (Å²) >= 11 is 0. The molecule has 1 aromatic heterocycles. The number of nitrogens with zero attached hydrogens (tertiary/aromatic N) is 1. The highest BCUT2D eigenvalue weighted by atomic mass is 16.5. The van der Waals surface area contributed by atoms with Crippen LogP contribution in [0.4, 0.5) is 0 Å². The first-order chi connectivity index (χ1) is 12.5. The van der Waals surface area contributed by atoms with Crippen molar-refractivity contribution >= 4 is 11.9 Å². The van der Waals surface area contributed by atoms with Crippen molar-refractivity contribution in [1.29, 1.82) is 0 Å². The number of esters is 1. The highest BCUT2D eigenvalue weighted by molar-refractivity contribution is 6.02. The van der Waals surface area contributed by atoms with Crippen molar-refractivity contribution in [2.45, 2.75) is 53.0 Å². The number of carbonyl (C=O) groups is 2. The van der Waals surface area contributed by atoms with Crippen molar-refractivity contribution in [3.8, 4) is 11.1 Å². The fourth-order valence-electron chi connectivity index (χ4n) is 3.43. The molecule has 26 heavy (non-hydrogen) atoms. The summed E-state index contributed by atoms with van der Waals surface area (Å²) in [5.74, 6) is -0.792. The van der Waals surface area contributed by atoms with Crippen molar-refractivity contribution in [3.63, 3.8) is 0 Å². The first-order valence-electron chi connectivity index (χ1n) is 9.16. The molecule has 1 aromatic carbocycles. The topological polar surface area (TPSA) is 74.3 Å². The van der Waals surface area contributed by atoms with Crippen LogP contribution in [-0.2, 0) is 17.7 Å². The normalized spacial score (nSPS) is 10.8. The number of ether oxygens (including phenoxy) is 1. The maximum atomic E-state index is 12.2. The van der Waals surface area contributed by atoms with Gasteiger partial charge in [-0.3, -0.25) is 4.79 Å². The van der Waals surface area contributed by atoms with Crippen molar-refractivity contribution in [1.82, 2.24) is 4.57 Å². The van der Waals surface area contributed by atoms with E-state index in [0.29, 0.717) is 11.1 Å². The minimum atomic E-state index is -0.415. The smallest absolute Gasteiger partial charge is 0.337 e. The second kappa shape index (κ2) is 8.70. The first-order valence-corrected chi connectivity index (χ1v) is 9.16. The molecular weight excluding hydrogens is 328 g/mol. The lowest BCUT2D eigenvalue weighted by Crippen LogP contribution is -2.13. The van der Waals surface area contributed by atoms with Gasteiger partial charge in [-0.05, 0) is 43.9 Å². The van der Waals surface area contributed by atoms with E-state index in [1.807, 2.05) is 19.1 Å². The van der Waals surface area contributed by atoms with Gasteiger partial charge >= 0.3 is 5.97 Å². The Morgan fingerprint density at radius 3 is 2.27 bits per heavy atom. The second-order valence-corrected chi connectivity index (χ2v) is 6.47. The van der Waals surface area contributed by atoms with E-state index in [1.165, 1.54) is 7.11 Å². The quantitative estimate of drug-likeness (QED) is 0.724. The molecule has 0 aliphatic carbocycles. The summed E-state index contributed by atoms with van der Waals surface area (Å²) in [5.41, 5.74) is 10.6. The third kappa shape index (κ3) is 3.82. The van der Waals surface area contributed by atoms with Crippen molar-refractivity contribution < 1.29 is 14.3 Å². The summed E-state index contributed by atoms with van der Waals surface area (Å²) in [6.45, 7) is 7.08. The van der Waals surface area contributed by atoms with E-state index >= 15 is 0 Å². The van der Waals surface area contributed by atoms with Gasteiger partial charge in [0.2, 0.25) is 0 Å². The summed E-state index contributed by atoms with van der Waals surface area (Å²) in [6.07, 6.45) is 3.98. The van der Waals surface area contributed by atoms with E-state index in [-0.39, 0.29) is 5.97 Å². The fourth-order valence-corrected chi connectivity index (χ4v) is 3.43. The standard InChI is InChI=1S/C21H28N2O3/c1-5-7-8-17-19(15-9-11-16(12-10-15)21(25)26-4)18(20(22)24)14(3)23(17)13-6-2/h9-12H,5-8,13H2,1-4H3,(H2,22,24). The molecule has 0 fully saturated rings. The van der Waals surface area contributed by atoms with Gasteiger partial charge in [-0.2, -0.15) is 0 Å². The minimum absolute atomic E-state index is 0.377. The monoisotopic (exact) mass is 356 g/mol. The average Bonchev–Trinajstić information content (AvgIpc) is 2.92. The third-order valence-corrected chi connectivity index (χ3v) is 4.69. The summed E-state index contributed by atoms with van der Waals surface area (Å²) in [6, 6.07) is 7.17. The van der Waals surface area contributed by atoms with Crippen molar-refractivity contribution in [3.05, 3.63) is 46.8 Å². The van der Waals surface area contributed by atoms with Crippen LogP contribution < -0.4 is 5.73 Å². The van der Waals surface area contributed by atoms with Crippen molar-refractivity contribution in [2.75, 3.05) is 7.11 Å². The lowest BCUT2D eigenvalue weighted by molar-refractivity contribution is 0.0600. The van der Waals surface area contributed by atoms with Crippen LogP contribution in [0.25, 0.3) is 11.1 Å². The molecule has 140 valence electrons. The van der Waals surface area contributed by atoms with Gasteiger partial charge in [0.05, 0.1) is 18.2 Å². The number of primary amides is 1. The lowest BCUT2D eigenvalue weighted by atomic mass is 9.96. The molecule has 0 unspecified atom stereocenters. The molecule has 0 spiro atoms. The van der Waals surface area contributed by atoms with Gasteiger partial charge in [0.1, 0.15) is 0 Å². The van der Waals surface area contributed by atoms with Gasteiger partial charge in [-0.15, -0.1) is 0 Å². The number of methoxy groups -OCH3 is 1. The molecule has 1 heterocycles. The molecule has 0 atom stereocenters. The predicted molar refractivity (Wildman–Crippen MR) is 103 cm³/mol. The predicted octanol–water partition coefficient (Wildman–Crippen LogP) is 4.10. The van der Waals surface area contributed by atoms with Crippen LogP contribution in [0.3, 0.4) is 0 Å². The van der Waals surface area contributed by atoms with Crippen molar-refractivity contribution in [2.24, 2.45) is 5.73 Å². The van der Waals surface area contributed by atoms with Crippen LogP contribution in [0, 0.1) is 6.92 Å². The molecule has 2 aromatic rings. The molecule has 0 aliphatic heterocycles.